The smallest absolute Gasteiger partial charge is 0.322 e. The first-order valence-corrected chi connectivity index (χ1v) is 6.64. The Morgan fingerprint density at radius 2 is 2.10 bits per heavy atom. The minimum Gasteiger partial charge on any atom is -0.368 e. The number of primary amides is 1. The zero-order valence-electron chi connectivity index (χ0n) is 11.8. The molecule has 21 heavy (non-hydrogen) atoms. The van der Waals surface area contributed by atoms with E-state index >= 15 is 0 Å². The van der Waals surface area contributed by atoms with E-state index in [9.17, 15) is 14.4 Å². The number of hydrogen-bond acceptors (Lipinski definition) is 3. The maximum atomic E-state index is 12.1. The topological polar surface area (TPSA) is 95.7 Å². The molecule has 1 aliphatic heterocycles. The van der Waals surface area contributed by atoms with Crippen LogP contribution in [-0.4, -0.2) is 53.8 Å². The summed E-state index contributed by atoms with van der Waals surface area (Å²) >= 11 is 0. The molecule has 3 N–H and O–H groups in total. The maximum Gasteiger partial charge on any atom is 0.322 e. The van der Waals surface area contributed by atoms with Crippen molar-refractivity contribution >= 4 is 23.5 Å². The number of nitrogens with one attached hydrogen (secondary N) is 1. The average molecular weight is 290 g/mol. The molecular formula is C14H18N4O3. The van der Waals surface area contributed by atoms with Gasteiger partial charge in [-0.2, -0.15) is 0 Å². The molecule has 2 rings (SSSR count). The van der Waals surface area contributed by atoms with Gasteiger partial charge in [0.15, 0.2) is 0 Å². The molecular weight excluding hydrogens is 272 g/mol. The van der Waals surface area contributed by atoms with E-state index in [4.69, 9.17) is 5.73 Å². The van der Waals surface area contributed by atoms with Gasteiger partial charge in [-0.25, -0.2) is 4.79 Å². The molecule has 1 saturated heterocycles. The Morgan fingerprint density at radius 3 is 2.71 bits per heavy atom. The lowest BCUT2D eigenvalue weighted by molar-refractivity contribution is -0.138. The highest BCUT2D eigenvalue weighted by atomic mass is 16.2. The number of urea groups is 1. The number of carbonyl (C=O) groups excluding carboxylic acids is 3. The lowest BCUT2D eigenvalue weighted by Gasteiger charge is -2.33. The molecule has 0 aliphatic carbocycles. The number of benzene rings is 1. The van der Waals surface area contributed by atoms with Crippen molar-refractivity contribution in [3.05, 3.63) is 29.8 Å². The van der Waals surface area contributed by atoms with Crippen molar-refractivity contribution < 1.29 is 14.4 Å². The third-order valence-electron chi connectivity index (χ3n) is 3.22. The molecule has 1 heterocycles. The highest BCUT2D eigenvalue weighted by Gasteiger charge is 2.27. The quantitative estimate of drug-likeness (QED) is 0.829. The zero-order chi connectivity index (χ0) is 15.4. The van der Waals surface area contributed by atoms with E-state index < -0.39 is 5.91 Å². The molecule has 0 bridgehead atoms. The minimum atomic E-state index is -0.555. The van der Waals surface area contributed by atoms with Gasteiger partial charge in [-0.05, 0) is 24.6 Å². The molecule has 0 saturated carbocycles. The Kier molecular flexibility index (Phi) is 4.42. The van der Waals surface area contributed by atoms with Crippen LogP contribution in [0.15, 0.2) is 24.3 Å². The molecule has 0 atom stereocenters. The van der Waals surface area contributed by atoms with Crippen LogP contribution in [0.3, 0.4) is 0 Å². The van der Waals surface area contributed by atoms with Gasteiger partial charge in [0.05, 0.1) is 6.54 Å². The van der Waals surface area contributed by atoms with E-state index in [0.717, 1.165) is 5.56 Å². The van der Waals surface area contributed by atoms with Gasteiger partial charge in [0.1, 0.15) is 6.54 Å². The van der Waals surface area contributed by atoms with Crippen LogP contribution in [0.1, 0.15) is 5.56 Å². The number of rotatable bonds is 3. The van der Waals surface area contributed by atoms with Gasteiger partial charge in [0.25, 0.3) is 0 Å². The first-order chi connectivity index (χ1) is 9.95. The van der Waals surface area contributed by atoms with Crippen molar-refractivity contribution in [2.24, 2.45) is 5.73 Å². The van der Waals surface area contributed by atoms with E-state index in [1.807, 2.05) is 25.1 Å². The van der Waals surface area contributed by atoms with E-state index in [0.29, 0.717) is 18.8 Å². The second kappa shape index (κ2) is 6.25. The van der Waals surface area contributed by atoms with Crippen LogP contribution in [0.4, 0.5) is 10.5 Å². The predicted octanol–water partition coefficient (Wildman–Crippen LogP) is 0.156. The van der Waals surface area contributed by atoms with E-state index in [-0.39, 0.29) is 25.0 Å². The highest BCUT2D eigenvalue weighted by Crippen LogP contribution is 2.11. The molecule has 4 amide bonds. The number of amides is 4. The lowest BCUT2D eigenvalue weighted by Crippen LogP contribution is -2.54. The summed E-state index contributed by atoms with van der Waals surface area (Å²) in [6, 6.07) is 7.09. The normalized spacial score (nSPS) is 15.0. The van der Waals surface area contributed by atoms with Gasteiger partial charge in [-0.1, -0.05) is 12.1 Å². The summed E-state index contributed by atoms with van der Waals surface area (Å²) in [6.07, 6.45) is 0. The molecule has 1 fully saturated rings. The second-order valence-electron chi connectivity index (χ2n) is 5.00. The number of nitrogens with zero attached hydrogens (tertiary/aromatic N) is 2. The monoisotopic (exact) mass is 290 g/mol. The molecule has 0 spiro atoms. The molecule has 112 valence electrons. The second-order valence-corrected chi connectivity index (χ2v) is 5.00. The van der Waals surface area contributed by atoms with Crippen molar-refractivity contribution in [3.8, 4) is 0 Å². The number of anilines is 1. The van der Waals surface area contributed by atoms with Crippen LogP contribution in [0.5, 0.6) is 0 Å². The van der Waals surface area contributed by atoms with Gasteiger partial charge in [-0.3, -0.25) is 9.59 Å². The van der Waals surface area contributed by atoms with Gasteiger partial charge in [0, 0.05) is 18.8 Å². The van der Waals surface area contributed by atoms with Crippen molar-refractivity contribution in [1.82, 2.24) is 9.80 Å². The average Bonchev–Trinajstić information content (AvgIpc) is 2.40. The van der Waals surface area contributed by atoms with Gasteiger partial charge < -0.3 is 20.9 Å². The summed E-state index contributed by atoms with van der Waals surface area (Å²) in [5.41, 5.74) is 6.79. The SMILES string of the molecule is Cc1cccc(NC(=O)N2CCN(CC(N)=O)C(=O)C2)c1. The molecule has 1 aliphatic rings. The fourth-order valence-corrected chi connectivity index (χ4v) is 2.16. The summed E-state index contributed by atoms with van der Waals surface area (Å²) in [5, 5.41) is 2.75. The van der Waals surface area contributed by atoms with Gasteiger partial charge >= 0.3 is 6.03 Å². The molecule has 7 heteroatoms. The standard InChI is InChI=1S/C14H18N4O3/c1-10-3-2-4-11(7-10)16-14(21)18-6-5-17(8-12(15)19)13(20)9-18/h2-4,7H,5-6,8-9H2,1H3,(H2,15,19)(H,16,21). The summed E-state index contributed by atoms with van der Waals surface area (Å²) in [6.45, 7) is 2.46. The zero-order valence-corrected chi connectivity index (χ0v) is 11.8. The van der Waals surface area contributed by atoms with Gasteiger partial charge in [0.2, 0.25) is 11.8 Å². The van der Waals surface area contributed by atoms with Crippen molar-refractivity contribution in [3.63, 3.8) is 0 Å². The summed E-state index contributed by atoms with van der Waals surface area (Å²) in [4.78, 5) is 37.6. The number of nitrogens with two attached hydrogens (primary N) is 1. The fraction of sp³-hybridized carbons (Fsp3) is 0.357. The Hall–Kier alpha value is -2.57. The van der Waals surface area contributed by atoms with Crippen LogP contribution in [0.25, 0.3) is 0 Å². The number of piperazine rings is 1. The largest absolute Gasteiger partial charge is 0.368 e. The lowest BCUT2D eigenvalue weighted by atomic mass is 10.2. The first-order valence-electron chi connectivity index (χ1n) is 6.64. The summed E-state index contributed by atoms with van der Waals surface area (Å²) in [7, 11) is 0. The minimum absolute atomic E-state index is 0.0507. The first kappa shape index (κ1) is 14.8. The third-order valence-corrected chi connectivity index (χ3v) is 3.22. The highest BCUT2D eigenvalue weighted by molar-refractivity contribution is 5.94. The molecule has 1 aromatic rings. The predicted molar refractivity (Wildman–Crippen MR) is 77.5 cm³/mol. The van der Waals surface area contributed by atoms with Crippen LogP contribution in [0.2, 0.25) is 0 Å². The molecule has 1 aromatic carbocycles. The van der Waals surface area contributed by atoms with E-state index in [2.05, 4.69) is 5.32 Å². The molecule has 7 nitrogen and oxygen atoms in total. The van der Waals surface area contributed by atoms with Crippen LogP contribution < -0.4 is 11.1 Å². The molecule has 0 unspecified atom stereocenters. The van der Waals surface area contributed by atoms with Crippen molar-refractivity contribution in [1.29, 1.82) is 0 Å². The summed E-state index contributed by atoms with van der Waals surface area (Å²) in [5.74, 6) is -0.833. The number of aryl methyl sites for hydroxylation is 1. The number of hydrogen-bond donors (Lipinski definition) is 2. The van der Waals surface area contributed by atoms with Crippen LogP contribution >= 0.6 is 0 Å². The van der Waals surface area contributed by atoms with Crippen molar-refractivity contribution in [2.75, 3.05) is 31.5 Å². The Labute approximate surface area is 122 Å². The Bertz CT molecular complexity index is 573. The fourth-order valence-electron chi connectivity index (χ4n) is 2.16. The Balaban J connectivity index is 1.93. The Morgan fingerprint density at radius 1 is 1.33 bits per heavy atom. The van der Waals surface area contributed by atoms with Crippen LogP contribution in [-0.2, 0) is 9.59 Å². The van der Waals surface area contributed by atoms with Crippen molar-refractivity contribution in [2.45, 2.75) is 6.92 Å². The molecule has 0 radical (unpaired) electrons. The summed E-state index contributed by atoms with van der Waals surface area (Å²) < 4.78 is 0. The van der Waals surface area contributed by atoms with Gasteiger partial charge in [-0.15, -0.1) is 0 Å². The number of carbonyl (C=O) groups is 3. The van der Waals surface area contributed by atoms with Crippen LogP contribution in [0, 0.1) is 6.92 Å². The van der Waals surface area contributed by atoms with E-state index in [1.54, 1.807) is 6.07 Å². The molecule has 0 aromatic heterocycles. The third kappa shape index (κ3) is 3.95. The maximum absolute atomic E-state index is 12.1. The van der Waals surface area contributed by atoms with E-state index in [1.165, 1.54) is 9.80 Å².